The SMILES string of the molecule is CN1CCNCC1c1ncccn1. The molecule has 2 rings (SSSR count). The first kappa shape index (κ1) is 8.59. The minimum absolute atomic E-state index is 0.329. The number of nitrogens with zero attached hydrogens (tertiary/aromatic N) is 3. The van der Waals surface area contributed by atoms with E-state index in [2.05, 4.69) is 27.2 Å². The number of likely N-dealkylation sites (N-methyl/N-ethyl adjacent to an activating group) is 1. The van der Waals surface area contributed by atoms with Crippen LogP contribution < -0.4 is 5.32 Å². The zero-order chi connectivity index (χ0) is 9.10. The van der Waals surface area contributed by atoms with Gasteiger partial charge in [-0.2, -0.15) is 0 Å². The molecular formula is C9H14N4. The molecule has 1 aromatic rings. The Morgan fingerprint density at radius 2 is 2.23 bits per heavy atom. The fourth-order valence-electron chi connectivity index (χ4n) is 1.58. The molecule has 0 amide bonds. The Hall–Kier alpha value is -1.00. The van der Waals surface area contributed by atoms with Gasteiger partial charge in [-0.25, -0.2) is 9.97 Å². The largest absolute Gasteiger partial charge is 0.313 e. The summed E-state index contributed by atoms with van der Waals surface area (Å²) in [5.74, 6) is 0.914. The van der Waals surface area contributed by atoms with E-state index in [4.69, 9.17) is 0 Å². The maximum Gasteiger partial charge on any atom is 0.146 e. The number of hydrogen-bond donors (Lipinski definition) is 1. The second-order valence-corrected chi connectivity index (χ2v) is 3.31. The van der Waals surface area contributed by atoms with Gasteiger partial charge in [0.25, 0.3) is 0 Å². The third-order valence-corrected chi connectivity index (χ3v) is 2.39. The van der Waals surface area contributed by atoms with E-state index in [1.807, 2.05) is 6.07 Å². The summed E-state index contributed by atoms with van der Waals surface area (Å²) in [6.07, 6.45) is 3.59. The van der Waals surface area contributed by atoms with E-state index in [-0.39, 0.29) is 0 Å². The molecule has 1 saturated heterocycles. The van der Waals surface area contributed by atoms with E-state index in [1.54, 1.807) is 12.4 Å². The summed E-state index contributed by atoms with van der Waals surface area (Å²) in [6.45, 7) is 3.06. The standard InChI is InChI=1S/C9H14N4/c1-13-6-5-10-7-8(13)9-11-3-2-4-12-9/h2-4,8,10H,5-7H2,1H3. The number of hydrogen-bond acceptors (Lipinski definition) is 4. The molecule has 0 bridgehead atoms. The van der Waals surface area contributed by atoms with Crippen molar-refractivity contribution in [1.82, 2.24) is 20.2 Å². The van der Waals surface area contributed by atoms with E-state index in [9.17, 15) is 0 Å². The molecule has 0 saturated carbocycles. The van der Waals surface area contributed by atoms with Crippen molar-refractivity contribution in [2.75, 3.05) is 26.7 Å². The van der Waals surface area contributed by atoms with Crippen LogP contribution in [0.15, 0.2) is 18.5 Å². The minimum atomic E-state index is 0.329. The topological polar surface area (TPSA) is 41.0 Å². The summed E-state index contributed by atoms with van der Waals surface area (Å²) >= 11 is 0. The highest BCUT2D eigenvalue weighted by Crippen LogP contribution is 2.15. The summed E-state index contributed by atoms with van der Waals surface area (Å²) < 4.78 is 0. The quantitative estimate of drug-likeness (QED) is 0.660. The number of rotatable bonds is 1. The second kappa shape index (κ2) is 3.81. The maximum absolute atomic E-state index is 4.26. The van der Waals surface area contributed by atoms with Crippen molar-refractivity contribution < 1.29 is 0 Å². The molecule has 1 aromatic heterocycles. The van der Waals surface area contributed by atoms with Crippen LogP contribution in [0.25, 0.3) is 0 Å². The first-order valence-corrected chi connectivity index (χ1v) is 4.56. The molecule has 70 valence electrons. The van der Waals surface area contributed by atoms with Crippen LogP contribution in [0.3, 0.4) is 0 Å². The third kappa shape index (κ3) is 1.84. The normalized spacial score (nSPS) is 24.5. The Morgan fingerprint density at radius 1 is 1.46 bits per heavy atom. The van der Waals surface area contributed by atoms with Gasteiger partial charge in [-0.1, -0.05) is 0 Å². The van der Waals surface area contributed by atoms with Crippen LogP contribution in [0.1, 0.15) is 11.9 Å². The molecule has 0 spiro atoms. The third-order valence-electron chi connectivity index (χ3n) is 2.39. The highest BCUT2D eigenvalue weighted by molar-refractivity contribution is 4.98. The molecule has 0 aromatic carbocycles. The zero-order valence-corrected chi connectivity index (χ0v) is 7.77. The Balaban J connectivity index is 2.15. The van der Waals surface area contributed by atoms with Gasteiger partial charge in [0.1, 0.15) is 5.82 Å². The molecule has 1 fully saturated rings. The zero-order valence-electron chi connectivity index (χ0n) is 7.77. The first-order valence-electron chi connectivity index (χ1n) is 4.56. The Bertz CT molecular complexity index is 262. The number of aromatic nitrogens is 2. The van der Waals surface area contributed by atoms with Gasteiger partial charge in [0.15, 0.2) is 0 Å². The van der Waals surface area contributed by atoms with Gasteiger partial charge in [0.05, 0.1) is 6.04 Å². The highest BCUT2D eigenvalue weighted by atomic mass is 15.2. The summed E-state index contributed by atoms with van der Waals surface area (Å²) in [4.78, 5) is 10.8. The van der Waals surface area contributed by atoms with Crippen molar-refractivity contribution in [3.8, 4) is 0 Å². The molecule has 1 N–H and O–H groups in total. The fourth-order valence-corrected chi connectivity index (χ4v) is 1.58. The number of nitrogens with one attached hydrogen (secondary N) is 1. The van der Waals surface area contributed by atoms with Crippen molar-refractivity contribution in [2.45, 2.75) is 6.04 Å². The smallest absolute Gasteiger partial charge is 0.146 e. The summed E-state index contributed by atoms with van der Waals surface area (Å²) in [6, 6.07) is 2.18. The van der Waals surface area contributed by atoms with E-state index in [0.717, 1.165) is 25.5 Å². The molecule has 1 aliphatic rings. The van der Waals surface area contributed by atoms with Crippen LogP contribution in [0.5, 0.6) is 0 Å². The summed E-state index contributed by atoms with van der Waals surface area (Å²) in [5, 5.41) is 3.34. The lowest BCUT2D eigenvalue weighted by Gasteiger charge is -2.31. The van der Waals surface area contributed by atoms with Crippen LogP contribution in [-0.4, -0.2) is 41.5 Å². The van der Waals surface area contributed by atoms with Gasteiger partial charge in [0, 0.05) is 32.0 Å². The average Bonchev–Trinajstić information content (AvgIpc) is 2.20. The van der Waals surface area contributed by atoms with Crippen molar-refractivity contribution in [3.63, 3.8) is 0 Å². The van der Waals surface area contributed by atoms with E-state index in [1.165, 1.54) is 0 Å². The van der Waals surface area contributed by atoms with Gasteiger partial charge in [-0.05, 0) is 13.1 Å². The van der Waals surface area contributed by atoms with E-state index in [0.29, 0.717) is 6.04 Å². The Labute approximate surface area is 78.0 Å². The van der Waals surface area contributed by atoms with E-state index >= 15 is 0 Å². The van der Waals surface area contributed by atoms with Crippen LogP contribution in [-0.2, 0) is 0 Å². The van der Waals surface area contributed by atoms with Gasteiger partial charge < -0.3 is 5.32 Å². The average molecular weight is 178 g/mol. The van der Waals surface area contributed by atoms with Crippen LogP contribution in [0.4, 0.5) is 0 Å². The van der Waals surface area contributed by atoms with Crippen molar-refractivity contribution in [3.05, 3.63) is 24.3 Å². The van der Waals surface area contributed by atoms with Crippen LogP contribution in [0, 0.1) is 0 Å². The lowest BCUT2D eigenvalue weighted by molar-refractivity contribution is 0.194. The predicted octanol–water partition coefficient (Wildman–Crippen LogP) is 0.0527. The van der Waals surface area contributed by atoms with Crippen molar-refractivity contribution in [2.24, 2.45) is 0 Å². The second-order valence-electron chi connectivity index (χ2n) is 3.31. The van der Waals surface area contributed by atoms with Gasteiger partial charge in [-0.3, -0.25) is 4.90 Å². The Morgan fingerprint density at radius 3 is 2.92 bits per heavy atom. The van der Waals surface area contributed by atoms with Gasteiger partial charge >= 0.3 is 0 Å². The maximum atomic E-state index is 4.26. The summed E-state index contributed by atoms with van der Waals surface area (Å²) in [5.41, 5.74) is 0. The minimum Gasteiger partial charge on any atom is -0.313 e. The van der Waals surface area contributed by atoms with Crippen molar-refractivity contribution in [1.29, 1.82) is 0 Å². The predicted molar refractivity (Wildman–Crippen MR) is 50.3 cm³/mol. The molecule has 13 heavy (non-hydrogen) atoms. The van der Waals surface area contributed by atoms with Crippen molar-refractivity contribution >= 4 is 0 Å². The molecule has 2 heterocycles. The summed E-state index contributed by atoms with van der Waals surface area (Å²) in [7, 11) is 2.11. The molecule has 0 aliphatic carbocycles. The molecule has 1 unspecified atom stereocenters. The monoisotopic (exact) mass is 178 g/mol. The van der Waals surface area contributed by atoms with Crippen LogP contribution in [0.2, 0.25) is 0 Å². The van der Waals surface area contributed by atoms with Gasteiger partial charge in [0.2, 0.25) is 0 Å². The fraction of sp³-hybridized carbons (Fsp3) is 0.556. The lowest BCUT2D eigenvalue weighted by atomic mass is 10.2. The molecule has 4 nitrogen and oxygen atoms in total. The lowest BCUT2D eigenvalue weighted by Crippen LogP contribution is -2.44. The molecule has 1 aliphatic heterocycles. The molecule has 1 atom stereocenters. The molecule has 4 heteroatoms. The van der Waals surface area contributed by atoms with E-state index < -0.39 is 0 Å². The Kier molecular flexibility index (Phi) is 2.52. The molecule has 0 radical (unpaired) electrons. The van der Waals surface area contributed by atoms with Gasteiger partial charge in [-0.15, -0.1) is 0 Å². The molecular weight excluding hydrogens is 164 g/mol. The highest BCUT2D eigenvalue weighted by Gasteiger charge is 2.21. The first-order chi connectivity index (χ1) is 6.38. The van der Waals surface area contributed by atoms with Crippen LogP contribution >= 0.6 is 0 Å². The number of piperazine rings is 1.